The Morgan fingerprint density at radius 3 is 2.17 bits per heavy atom. The van der Waals surface area contributed by atoms with Crippen LogP contribution in [0.4, 0.5) is 11.6 Å². The Hall–Kier alpha value is -2.19. The molecule has 2 aromatic heterocycles. The van der Waals surface area contributed by atoms with Crippen molar-refractivity contribution in [1.82, 2.24) is 14.3 Å². The SMILES string of the molecule is Cc1cccc(NS(=O)(=O)N2CCN(c3cccc(C)n3)CC2)n1. The van der Waals surface area contributed by atoms with E-state index in [0.29, 0.717) is 32.0 Å². The highest BCUT2D eigenvalue weighted by atomic mass is 32.2. The summed E-state index contributed by atoms with van der Waals surface area (Å²) in [5, 5.41) is 0. The van der Waals surface area contributed by atoms with Gasteiger partial charge in [-0.15, -0.1) is 0 Å². The Labute approximate surface area is 142 Å². The molecular weight excluding hydrogens is 326 g/mol. The maximum atomic E-state index is 12.5. The van der Waals surface area contributed by atoms with Crippen LogP contribution in [0.25, 0.3) is 0 Å². The van der Waals surface area contributed by atoms with E-state index in [1.807, 2.05) is 38.1 Å². The summed E-state index contributed by atoms with van der Waals surface area (Å²) in [4.78, 5) is 10.8. The van der Waals surface area contributed by atoms with Gasteiger partial charge in [0.1, 0.15) is 11.6 Å². The summed E-state index contributed by atoms with van der Waals surface area (Å²) in [7, 11) is -3.59. The second kappa shape index (κ2) is 6.74. The lowest BCUT2D eigenvalue weighted by Crippen LogP contribution is -2.50. The van der Waals surface area contributed by atoms with Crippen molar-refractivity contribution in [3.8, 4) is 0 Å². The molecule has 0 aliphatic carbocycles. The molecule has 1 N–H and O–H groups in total. The maximum absolute atomic E-state index is 12.5. The van der Waals surface area contributed by atoms with E-state index in [1.165, 1.54) is 4.31 Å². The number of hydrogen-bond acceptors (Lipinski definition) is 5. The van der Waals surface area contributed by atoms with Crippen LogP contribution in [0.15, 0.2) is 36.4 Å². The minimum atomic E-state index is -3.59. The molecular formula is C16H21N5O2S. The predicted molar refractivity (Wildman–Crippen MR) is 94.3 cm³/mol. The largest absolute Gasteiger partial charge is 0.354 e. The number of nitrogens with one attached hydrogen (secondary N) is 1. The first-order valence-corrected chi connectivity index (χ1v) is 9.28. The number of anilines is 2. The normalized spacial score (nSPS) is 16.2. The Morgan fingerprint density at radius 1 is 0.917 bits per heavy atom. The van der Waals surface area contributed by atoms with Gasteiger partial charge < -0.3 is 4.90 Å². The topological polar surface area (TPSA) is 78.4 Å². The summed E-state index contributed by atoms with van der Waals surface area (Å²) in [6.45, 7) is 5.82. The van der Waals surface area contributed by atoms with E-state index in [1.54, 1.807) is 12.1 Å². The van der Waals surface area contributed by atoms with Gasteiger partial charge in [-0.1, -0.05) is 12.1 Å². The summed E-state index contributed by atoms with van der Waals surface area (Å²) in [6.07, 6.45) is 0. The van der Waals surface area contributed by atoms with Gasteiger partial charge in [0.2, 0.25) is 0 Å². The van der Waals surface area contributed by atoms with Gasteiger partial charge in [0.05, 0.1) is 0 Å². The van der Waals surface area contributed by atoms with Crippen LogP contribution in [0.2, 0.25) is 0 Å². The molecule has 24 heavy (non-hydrogen) atoms. The summed E-state index contributed by atoms with van der Waals surface area (Å²) < 4.78 is 29.0. The zero-order valence-electron chi connectivity index (χ0n) is 13.8. The van der Waals surface area contributed by atoms with Crippen molar-refractivity contribution in [3.05, 3.63) is 47.8 Å². The fourth-order valence-corrected chi connectivity index (χ4v) is 3.81. The lowest BCUT2D eigenvalue weighted by molar-refractivity contribution is 0.386. The standard InChI is InChI=1S/C16H21N5O2S/c1-13-5-3-7-15(17-13)19-24(22,23)21-11-9-20(10-12-21)16-8-4-6-14(2)18-16/h3-8H,9-12H2,1-2H3,(H,17,19). The quantitative estimate of drug-likeness (QED) is 0.908. The van der Waals surface area contributed by atoms with Crippen LogP contribution in [-0.4, -0.2) is 48.9 Å². The average Bonchev–Trinajstić information content (AvgIpc) is 2.54. The first-order chi connectivity index (χ1) is 11.4. The molecule has 1 saturated heterocycles. The average molecular weight is 347 g/mol. The van der Waals surface area contributed by atoms with Gasteiger partial charge >= 0.3 is 10.2 Å². The van der Waals surface area contributed by atoms with E-state index in [4.69, 9.17) is 0 Å². The van der Waals surface area contributed by atoms with Crippen LogP contribution in [-0.2, 0) is 10.2 Å². The number of piperazine rings is 1. The van der Waals surface area contributed by atoms with E-state index in [2.05, 4.69) is 19.6 Å². The van der Waals surface area contributed by atoms with Gasteiger partial charge in [-0.3, -0.25) is 4.72 Å². The molecule has 8 heteroatoms. The first-order valence-electron chi connectivity index (χ1n) is 7.84. The monoisotopic (exact) mass is 347 g/mol. The summed E-state index contributed by atoms with van der Waals surface area (Å²) in [6, 6.07) is 11.1. The molecule has 3 heterocycles. The summed E-state index contributed by atoms with van der Waals surface area (Å²) in [5.41, 5.74) is 1.72. The molecule has 0 bridgehead atoms. The van der Waals surface area contributed by atoms with Gasteiger partial charge in [-0.2, -0.15) is 12.7 Å². The molecule has 0 aromatic carbocycles. The molecule has 0 unspecified atom stereocenters. The van der Waals surface area contributed by atoms with Crippen molar-refractivity contribution in [2.45, 2.75) is 13.8 Å². The first kappa shape index (κ1) is 16.7. The molecule has 0 amide bonds. The van der Waals surface area contributed by atoms with Crippen LogP contribution in [0.1, 0.15) is 11.4 Å². The predicted octanol–water partition coefficient (Wildman–Crippen LogP) is 1.57. The highest BCUT2D eigenvalue weighted by Gasteiger charge is 2.27. The number of hydrogen-bond donors (Lipinski definition) is 1. The van der Waals surface area contributed by atoms with Gasteiger partial charge in [0.25, 0.3) is 0 Å². The van der Waals surface area contributed by atoms with Crippen molar-refractivity contribution in [3.63, 3.8) is 0 Å². The Morgan fingerprint density at radius 2 is 1.54 bits per heavy atom. The molecule has 0 atom stereocenters. The fraction of sp³-hybridized carbons (Fsp3) is 0.375. The smallest absolute Gasteiger partial charge is 0.302 e. The molecule has 1 fully saturated rings. The van der Waals surface area contributed by atoms with Crippen LogP contribution < -0.4 is 9.62 Å². The van der Waals surface area contributed by atoms with Gasteiger partial charge in [0, 0.05) is 37.6 Å². The molecule has 7 nitrogen and oxygen atoms in total. The highest BCUT2D eigenvalue weighted by Crippen LogP contribution is 2.17. The molecule has 0 radical (unpaired) electrons. The highest BCUT2D eigenvalue weighted by molar-refractivity contribution is 7.90. The molecule has 3 rings (SSSR count). The van der Waals surface area contributed by atoms with Crippen molar-refractivity contribution in [1.29, 1.82) is 0 Å². The number of aryl methyl sites for hydroxylation is 2. The number of nitrogens with zero attached hydrogens (tertiary/aromatic N) is 4. The third-order valence-electron chi connectivity index (χ3n) is 3.90. The maximum Gasteiger partial charge on any atom is 0.302 e. The van der Waals surface area contributed by atoms with E-state index in [-0.39, 0.29) is 0 Å². The number of pyridine rings is 2. The lowest BCUT2D eigenvalue weighted by atomic mass is 10.3. The van der Waals surface area contributed by atoms with Crippen molar-refractivity contribution in [2.75, 3.05) is 35.8 Å². The summed E-state index contributed by atoms with van der Waals surface area (Å²) >= 11 is 0. The van der Waals surface area contributed by atoms with E-state index in [9.17, 15) is 8.42 Å². The molecule has 0 saturated carbocycles. The zero-order chi connectivity index (χ0) is 17.2. The van der Waals surface area contributed by atoms with Crippen molar-refractivity contribution >= 4 is 21.8 Å². The third-order valence-corrected chi connectivity index (χ3v) is 5.41. The Kier molecular flexibility index (Phi) is 4.68. The van der Waals surface area contributed by atoms with Crippen molar-refractivity contribution in [2.24, 2.45) is 0 Å². The molecule has 2 aromatic rings. The van der Waals surface area contributed by atoms with E-state index < -0.39 is 10.2 Å². The van der Waals surface area contributed by atoms with Gasteiger partial charge in [-0.25, -0.2) is 9.97 Å². The van der Waals surface area contributed by atoms with Gasteiger partial charge in [-0.05, 0) is 38.1 Å². The zero-order valence-corrected chi connectivity index (χ0v) is 14.6. The molecule has 128 valence electrons. The Balaban J connectivity index is 1.65. The van der Waals surface area contributed by atoms with Crippen LogP contribution in [0.3, 0.4) is 0 Å². The van der Waals surface area contributed by atoms with E-state index in [0.717, 1.165) is 17.2 Å². The van der Waals surface area contributed by atoms with Crippen LogP contribution in [0.5, 0.6) is 0 Å². The van der Waals surface area contributed by atoms with Crippen LogP contribution in [0, 0.1) is 13.8 Å². The molecule has 0 spiro atoms. The molecule has 1 aliphatic rings. The molecule has 1 aliphatic heterocycles. The number of aromatic nitrogens is 2. The van der Waals surface area contributed by atoms with Crippen LogP contribution >= 0.6 is 0 Å². The third kappa shape index (κ3) is 3.82. The van der Waals surface area contributed by atoms with E-state index >= 15 is 0 Å². The Bertz CT molecular complexity index is 817. The minimum absolute atomic E-state index is 0.345. The van der Waals surface area contributed by atoms with Gasteiger partial charge in [0.15, 0.2) is 0 Å². The summed E-state index contributed by atoms with van der Waals surface area (Å²) in [5.74, 6) is 1.23. The number of rotatable bonds is 4. The minimum Gasteiger partial charge on any atom is -0.354 e. The second-order valence-corrected chi connectivity index (χ2v) is 7.47. The second-order valence-electron chi connectivity index (χ2n) is 5.79. The lowest BCUT2D eigenvalue weighted by Gasteiger charge is -2.34. The van der Waals surface area contributed by atoms with Crippen molar-refractivity contribution < 1.29 is 8.42 Å². The fourth-order valence-electron chi connectivity index (χ4n) is 2.66.